The lowest BCUT2D eigenvalue weighted by molar-refractivity contribution is 0.467. The zero-order valence-corrected chi connectivity index (χ0v) is 8.64. The standard InChI is InChI=1S/C7H7BrO.C2H6/c1-5-3-2-4-6(8)7(5)9;1-2/h2-4,9H,1H3;1-2H3. The van der Waals surface area contributed by atoms with Crippen molar-refractivity contribution in [2.75, 3.05) is 0 Å². The summed E-state index contributed by atoms with van der Waals surface area (Å²) in [5.41, 5.74) is 0.893. The number of para-hydroxylation sites is 1. The van der Waals surface area contributed by atoms with E-state index in [1.54, 1.807) is 0 Å². The largest absolute Gasteiger partial charge is 0.506 e. The number of phenolic OH excluding ortho intramolecular Hbond substituents is 1. The summed E-state index contributed by atoms with van der Waals surface area (Å²) < 4.78 is 0.752. The molecule has 0 saturated heterocycles. The third-order valence-electron chi connectivity index (χ3n) is 1.19. The van der Waals surface area contributed by atoms with Crippen molar-refractivity contribution in [2.24, 2.45) is 0 Å². The van der Waals surface area contributed by atoms with E-state index in [1.165, 1.54) is 0 Å². The van der Waals surface area contributed by atoms with Crippen LogP contribution in [0.1, 0.15) is 19.4 Å². The Bertz CT molecular complexity index is 201. The van der Waals surface area contributed by atoms with Gasteiger partial charge in [-0.1, -0.05) is 26.0 Å². The summed E-state index contributed by atoms with van der Waals surface area (Å²) in [6, 6.07) is 5.56. The lowest BCUT2D eigenvalue weighted by Crippen LogP contribution is -1.73. The number of phenols is 1. The third-order valence-corrected chi connectivity index (χ3v) is 1.83. The lowest BCUT2D eigenvalue weighted by Gasteiger charge is -1.97. The minimum absolute atomic E-state index is 0.331. The molecule has 0 radical (unpaired) electrons. The van der Waals surface area contributed by atoms with Gasteiger partial charge >= 0.3 is 0 Å². The van der Waals surface area contributed by atoms with Gasteiger partial charge in [-0.25, -0.2) is 0 Å². The van der Waals surface area contributed by atoms with Gasteiger partial charge in [0.2, 0.25) is 0 Å². The van der Waals surface area contributed by atoms with Crippen molar-refractivity contribution in [3.05, 3.63) is 28.2 Å². The first kappa shape index (κ1) is 10.5. The molecule has 1 aromatic carbocycles. The van der Waals surface area contributed by atoms with E-state index < -0.39 is 0 Å². The van der Waals surface area contributed by atoms with Gasteiger partial charge in [0.25, 0.3) is 0 Å². The van der Waals surface area contributed by atoms with Crippen LogP contribution in [0.5, 0.6) is 5.75 Å². The van der Waals surface area contributed by atoms with E-state index >= 15 is 0 Å². The van der Waals surface area contributed by atoms with E-state index in [4.69, 9.17) is 5.11 Å². The molecule has 0 aliphatic heterocycles. The van der Waals surface area contributed by atoms with Crippen LogP contribution in [-0.4, -0.2) is 5.11 Å². The molecule has 0 heterocycles. The molecule has 0 fully saturated rings. The second kappa shape index (κ2) is 5.19. The monoisotopic (exact) mass is 216 g/mol. The molecule has 0 bridgehead atoms. The molecule has 1 N–H and O–H groups in total. The molecule has 0 saturated carbocycles. The quantitative estimate of drug-likeness (QED) is 0.705. The molecule has 11 heavy (non-hydrogen) atoms. The summed E-state index contributed by atoms with van der Waals surface area (Å²) in [6.45, 7) is 5.86. The molecule has 0 aliphatic carbocycles. The predicted octanol–water partition coefficient (Wildman–Crippen LogP) is 3.49. The maximum atomic E-state index is 9.16. The minimum atomic E-state index is 0.331. The Hall–Kier alpha value is -0.500. The van der Waals surface area contributed by atoms with Crippen molar-refractivity contribution in [1.82, 2.24) is 0 Å². The average molecular weight is 217 g/mol. The Kier molecular flexibility index (Phi) is 4.95. The minimum Gasteiger partial charge on any atom is -0.506 e. The fourth-order valence-corrected chi connectivity index (χ4v) is 1.09. The molecule has 0 amide bonds. The van der Waals surface area contributed by atoms with Crippen molar-refractivity contribution in [2.45, 2.75) is 20.8 Å². The summed E-state index contributed by atoms with van der Waals surface area (Å²) in [7, 11) is 0. The van der Waals surface area contributed by atoms with Crippen LogP contribution in [0.4, 0.5) is 0 Å². The Morgan fingerprint density at radius 2 is 1.82 bits per heavy atom. The number of halogens is 1. The van der Waals surface area contributed by atoms with E-state index in [-0.39, 0.29) is 0 Å². The first-order valence-corrected chi connectivity index (χ1v) is 4.45. The Morgan fingerprint density at radius 1 is 1.27 bits per heavy atom. The summed E-state index contributed by atoms with van der Waals surface area (Å²) in [4.78, 5) is 0. The number of aryl methyl sites for hydroxylation is 1. The van der Waals surface area contributed by atoms with Gasteiger partial charge in [-0.05, 0) is 34.5 Å². The normalized spacial score (nSPS) is 8.36. The van der Waals surface area contributed by atoms with Crippen LogP contribution in [-0.2, 0) is 0 Å². The molecule has 62 valence electrons. The highest BCUT2D eigenvalue weighted by molar-refractivity contribution is 9.10. The number of hydrogen-bond acceptors (Lipinski definition) is 1. The molecule has 1 nitrogen and oxygen atoms in total. The number of benzene rings is 1. The van der Waals surface area contributed by atoms with Crippen LogP contribution in [0.25, 0.3) is 0 Å². The fourth-order valence-electron chi connectivity index (χ4n) is 0.623. The van der Waals surface area contributed by atoms with Crippen LogP contribution in [0.15, 0.2) is 22.7 Å². The van der Waals surface area contributed by atoms with E-state index in [1.807, 2.05) is 39.0 Å². The topological polar surface area (TPSA) is 20.2 Å². The highest BCUT2D eigenvalue weighted by atomic mass is 79.9. The third kappa shape index (κ3) is 2.93. The lowest BCUT2D eigenvalue weighted by atomic mass is 10.2. The average Bonchev–Trinajstić information content (AvgIpc) is 2.04. The van der Waals surface area contributed by atoms with Gasteiger partial charge in [-0.3, -0.25) is 0 Å². The van der Waals surface area contributed by atoms with Crippen LogP contribution in [0.3, 0.4) is 0 Å². The second-order valence-electron chi connectivity index (χ2n) is 1.91. The highest BCUT2D eigenvalue weighted by Gasteiger charge is 1.96. The summed E-state index contributed by atoms with van der Waals surface area (Å²) in [5, 5.41) is 9.16. The molecule has 0 spiro atoms. The molecule has 2 heteroatoms. The molecule has 1 aromatic rings. The molecule has 0 unspecified atom stereocenters. The Morgan fingerprint density at radius 3 is 2.18 bits per heavy atom. The molecule has 0 atom stereocenters. The smallest absolute Gasteiger partial charge is 0.132 e. The number of hydrogen-bond donors (Lipinski definition) is 1. The first-order valence-electron chi connectivity index (χ1n) is 3.66. The van der Waals surface area contributed by atoms with E-state index in [2.05, 4.69) is 15.9 Å². The molecular formula is C9H13BrO. The predicted molar refractivity (Wildman–Crippen MR) is 51.9 cm³/mol. The van der Waals surface area contributed by atoms with Crippen LogP contribution in [0.2, 0.25) is 0 Å². The van der Waals surface area contributed by atoms with E-state index in [0.29, 0.717) is 5.75 Å². The van der Waals surface area contributed by atoms with Gasteiger partial charge in [-0.2, -0.15) is 0 Å². The van der Waals surface area contributed by atoms with Crippen LogP contribution >= 0.6 is 15.9 Å². The van der Waals surface area contributed by atoms with Gasteiger partial charge in [0.05, 0.1) is 4.47 Å². The Labute approximate surface area is 76.2 Å². The molecular weight excluding hydrogens is 204 g/mol. The zero-order valence-electron chi connectivity index (χ0n) is 7.06. The van der Waals surface area contributed by atoms with Crippen molar-refractivity contribution in [3.63, 3.8) is 0 Å². The van der Waals surface area contributed by atoms with Gasteiger partial charge in [-0.15, -0.1) is 0 Å². The highest BCUT2D eigenvalue weighted by Crippen LogP contribution is 2.25. The summed E-state index contributed by atoms with van der Waals surface area (Å²) in [6.07, 6.45) is 0. The SMILES string of the molecule is CC.Cc1cccc(Br)c1O. The van der Waals surface area contributed by atoms with E-state index in [9.17, 15) is 0 Å². The molecule has 0 aromatic heterocycles. The first-order chi connectivity index (χ1) is 5.22. The maximum absolute atomic E-state index is 9.16. The molecule has 0 aliphatic rings. The number of aromatic hydroxyl groups is 1. The fraction of sp³-hybridized carbons (Fsp3) is 0.333. The second-order valence-corrected chi connectivity index (χ2v) is 2.76. The van der Waals surface area contributed by atoms with Gasteiger partial charge in [0.1, 0.15) is 5.75 Å². The van der Waals surface area contributed by atoms with Gasteiger partial charge in [0, 0.05) is 0 Å². The van der Waals surface area contributed by atoms with Crippen molar-refractivity contribution >= 4 is 15.9 Å². The Balaban J connectivity index is 0.000000461. The zero-order chi connectivity index (χ0) is 8.85. The molecule has 1 rings (SSSR count). The number of rotatable bonds is 0. The van der Waals surface area contributed by atoms with Crippen LogP contribution < -0.4 is 0 Å². The summed E-state index contributed by atoms with van der Waals surface area (Å²) in [5.74, 6) is 0.331. The van der Waals surface area contributed by atoms with Gasteiger partial charge < -0.3 is 5.11 Å². The van der Waals surface area contributed by atoms with Crippen molar-refractivity contribution in [1.29, 1.82) is 0 Å². The maximum Gasteiger partial charge on any atom is 0.132 e. The van der Waals surface area contributed by atoms with Crippen LogP contribution in [0, 0.1) is 6.92 Å². The van der Waals surface area contributed by atoms with Crippen molar-refractivity contribution < 1.29 is 5.11 Å². The summed E-state index contributed by atoms with van der Waals surface area (Å²) >= 11 is 3.20. The van der Waals surface area contributed by atoms with E-state index in [0.717, 1.165) is 10.0 Å². The van der Waals surface area contributed by atoms with Gasteiger partial charge in [0.15, 0.2) is 0 Å². The van der Waals surface area contributed by atoms with Crippen molar-refractivity contribution in [3.8, 4) is 5.75 Å².